The minimum absolute atomic E-state index is 0.238. The third-order valence-corrected chi connectivity index (χ3v) is 5.05. The average molecular weight is 382 g/mol. The van der Waals surface area contributed by atoms with E-state index >= 15 is 0 Å². The quantitative estimate of drug-likeness (QED) is 0.710. The van der Waals surface area contributed by atoms with Crippen LogP contribution in [-0.2, 0) is 25.9 Å². The molecule has 1 aromatic carbocycles. The van der Waals surface area contributed by atoms with Gasteiger partial charge in [0.05, 0.1) is 30.7 Å². The number of fused-ring (bicyclic) bond motifs is 1. The van der Waals surface area contributed by atoms with Gasteiger partial charge in [-0.15, -0.1) is 0 Å². The maximum atomic E-state index is 13.8. The van der Waals surface area contributed by atoms with Gasteiger partial charge < -0.3 is 10.2 Å². The molecular weight excluding hydrogens is 359 g/mol. The summed E-state index contributed by atoms with van der Waals surface area (Å²) in [5.41, 5.74) is 4.50. The van der Waals surface area contributed by atoms with Gasteiger partial charge in [-0.3, -0.25) is 9.78 Å². The number of aromatic amines is 1. The number of anilines is 1. The molecule has 1 aliphatic carbocycles. The van der Waals surface area contributed by atoms with Crippen LogP contribution in [0.3, 0.4) is 0 Å². The largest absolute Gasteiger partial charge is 0.322 e. The molecule has 2 aromatic heterocycles. The molecule has 1 aliphatic rings. The van der Waals surface area contributed by atoms with E-state index < -0.39 is 0 Å². The molecular formula is C20H23FN6O. The van der Waals surface area contributed by atoms with Crippen LogP contribution in [0.2, 0.25) is 0 Å². The maximum absolute atomic E-state index is 13.8. The third-order valence-electron chi connectivity index (χ3n) is 5.05. The molecule has 0 saturated heterocycles. The topological polar surface area (TPSA) is 78.8 Å². The van der Waals surface area contributed by atoms with E-state index in [1.54, 1.807) is 47.2 Å². The smallest absolute Gasteiger partial charge is 0.322 e. The Morgan fingerprint density at radius 2 is 2.14 bits per heavy atom. The zero-order valence-corrected chi connectivity index (χ0v) is 15.8. The van der Waals surface area contributed by atoms with E-state index in [0.717, 1.165) is 25.0 Å². The highest BCUT2D eigenvalue weighted by molar-refractivity contribution is 5.88. The molecule has 146 valence electrons. The summed E-state index contributed by atoms with van der Waals surface area (Å²) in [6.45, 7) is 0.749. The van der Waals surface area contributed by atoms with Crippen LogP contribution in [0.15, 0.2) is 36.7 Å². The second-order valence-electron chi connectivity index (χ2n) is 7.14. The molecule has 3 aromatic rings. The minimum atomic E-state index is -0.273. The molecule has 0 fully saturated rings. The number of hydrogen-bond acceptors (Lipinski definition) is 3. The van der Waals surface area contributed by atoms with Gasteiger partial charge in [0.25, 0.3) is 0 Å². The van der Waals surface area contributed by atoms with Crippen LogP contribution in [-0.4, -0.2) is 38.0 Å². The van der Waals surface area contributed by atoms with Crippen molar-refractivity contribution in [3.63, 3.8) is 0 Å². The van der Waals surface area contributed by atoms with Gasteiger partial charge in [0.2, 0.25) is 0 Å². The number of halogens is 1. The van der Waals surface area contributed by atoms with Crippen molar-refractivity contribution in [2.75, 3.05) is 12.4 Å². The second kappa shape index (κ2) is 7.84. The first-order chi connectivity index (χ1) is 13.6. The molecule has 2 N–H and O–H groups in total. The van der Waals surface area contributed by atoms with Crippen molar-refractivity contribution in [2.24, 2.45) is 0 Å². The van der Waals surface area contributed by atoms with E-state index in [9.17, 15) is 9.18 Å². The van der Waals surface area contributed by atoms with Gasteiger partial charge in [0, 0.05) is 24.5 Å². The third kappa shape index (κ3) is 3.90. The Hall–Kier alpha value is -3.16. The number of amides is 2. The molecule has 2 heterocycles. The lowest BCUT2D eigenvalue weighted by molar-refractivity contribution is 0.220. The standard InChI is InChI=1S/C20H23FN6O/c1-26(13-19-16-7-3-5-9-18(16)24-25-19)20(28)23-15-10-22-27(12-15)11-14-6-2-4-8-17(14)21/h2,4,6,8,10,12H,3,5,7,9,11,13H2,1H3,(H,23,28)(H,24,25). The molecule has 0 saturated carbocycles. The monoisotopic (exact) mass is 382 g/mol. The Bertz CT molecular complexity index is 979. The Morgan fingerprint density at radius 3 is 3.00 bits per heavy atom. The summed E-state index contributed by atoms with van der Waals surface area (Å²) in [7, 11) is 1.74. The molecule has 7 nitrogen and oxygen atoms in total. The van der Waals surface area contributed by atoms with Crippen LogP contribution in [0.5, 0.6) is 0 Å². The van der Waals surface area contributed by atoms with Gasteiger partial charge in [-0.25, -0.2) is 9.18 Å². The number of rotatable bonds is 5. The van der Waals surface area contributed by atoms with Crippen molar-refractivity contribution in [1.29, 1.82) is 0 Å². The van der Waals surface area contributed by atoms with Crippen LogP contribution in [0.1, 0.15) is 35.4 Å². The predicted molar refractivity (Wildman–Crippen MR) is 103 cm³/mol. The molecule has 0 radical (unpaired) electrons. The van der Waals surface area contributed by atoms with Gasteiger partial charge in [-0.05, 0) is 37.3 Å². The zero-order chi connectivity index (χ0) is 19.5. The normalized spacial score (nSPS) is 13.2. The molecule has 2 amide bonds. The van der Waals surface area contributed by atoms with E-state index in [4.69, 9.17) is 0 Å². The van der Waals surface area contributed by atoms with Crippen LogP contribution in [0.4, 0.5) is 14.9 Å². The number of hydrogen-bond donors (Lipinski definition) is 2. The second-order valence-corrected chi connectivity index (χ2v) is 7.14. The van der Waals surface area contributed by atoms with Crippen molar-refractivity contribution < 1.29 is 9.18 Å². The summed E-state index contributed by atoms with van der Waals surface area (Å²) < 4.78 is 15.4. The summed E-state index contributed by atoms with van der Waals surface area (Å²) in [5, 5.41) is 14.5. The van der Waals surface area contributed by atoms with Gasteiger partial charge in [0.1, 0.15) is 5.82 Å². The first-order valence-corrected chi connectivity index (χ1v) is 9.43. The fourth-order valence-electron chi connectivity index (χ4n) is 3.51. The molecule has 4 rings (SSSR count). The summed E-state index contributed by atoms with van der Waals surface area (Å²) in [6.07, 6.45) is 7.63. The highest BCUT2D eigenvalue weighted by Crippen LogP contribution is 2.23. The van der Waals surface area contributed by atoms with E-state index in [1.807, 2.05) is 0 Å². The van der Waals surface area contributed by atoms with E-state index in [2.05, 4.69) is 20.6 Å². The summed E-state index contributed by atoms with van der Waals surface area (Å²) in [4.78, 5) is 14.1. The number of H-pyrrole nitrogens is 1. The number of nitrogens with one attached hydrogen (secondary N) is 2. The number of benzene rings is 1. The van der Waals surface area contributed by atoms with Gasteiger partial charge in [-0.1, -0.05) is 18.2 Å². The lowest BCUT2D eigenvalue weighted by atomic mass is 9.96. The summed E-state index contributed by atoms with van der Waals surface area (Å²) in [5.74, 6) is -0.273. The number of urea groups is 1. The fraction of sp³-hybridized carbons (Fsp3) is 0.350. The lowest BCUT2D eigenvalue weighted by Crippen LogP contribution is -2.31. The first-order valence-electron chi connectivity index (χ1n) is 9.43. The van der Waals surface area contributed by atoms with Gasteiger partial charge in [0.15, 0.2) is 0 Å². The lowest BCUT2D eigenvalue weighted by Gasteiger charge is -2.18. The molecule has 0 spiro atoms. The van der Waals surface area contributed by atoms with Gasteiger partial charge >= 0.3 is 6.03 Å². The number of carbonyl (C=O) groups excluding carboxylic acids is 1. The van der Waals surface area contributed by atoms with E-state index in [0.29, 0.717) is 24.3 Å². The Balaban J connectivity index is 1.36. The summed E-state index contributed by atoms with van der Waals surface area (Å²) >= 11 is 0. The van der Waals surface area contributed by atoms with Crippen LogP contribution in [0, 0.1) is 5.82 Å². The Morgan fingerprint density at radius 1 is 1.32 bits per heavy atom. The van der Waals surface area contributed by atoms with Crippen molar-refractivity contribution in [3.8, 4) is 0 Å². The number of carbonyl (C=O) groups is 1. The molecule has 0 aliphatic heterocycles. The van der Waals surface area contributed by atoms with Crippen molar-refractivity contribution in [2.45, 2.75) is 38.8 Å². The summed E-state index contributed by atoms with van der Waals surface area (Å²) in [6, 6.07) is 6.34. The Labute approximate surface area is 162 Å². The van der Waals surface area contributed by atoms with Crippen molar-refractivity contribution in [1.82, 2.24) is 24.9 Å². The van der Waals surface area contributed by atoms with Gasteiger partial charge in [-0.2, -0.15) is 10.2 Å². The van der Waals surface area contributed by atoms with Crippen LogP contribution >= 0.6 is 0 Å². The molecule has 0 atom stereocenters. The number of nitrogens with zero attached hydrogens (tertiary/aromatic N) is 4. The zero-order valence-electron chi connectivity index (χ0n) is 15.8. The first kappa shape index (κ1) is 18.2. The number of aryl methyl sites for hydroxylation is 1. The maximum Gasteiger partial charge on any atom is 0.322 e. The van der Waals surface area contributed by atoms with Crippen molar-refractivity contribution in [3.05, 3.63) is 65.0 Å². The van der Waals surface area contributed by atoms with E-state index in [-0.39, 0.29) is 11.8 Å². The highest BCUT2D eigenvalue weighted by Gasteiger charge is 2.19. The fourth-order valence-corrected chi connectivity index (χ4v) is 3.51. The molecule has 0 unspecified atom stereocenters. The minimum Gasteiger partial charge on any atom is -0.322 e. The molecule has 8 heteroatoms. The molecule has 28 heavy (non-hydrogen) atoms. The van der Waals surface area contributed by atoms with Crippen LogP contribution in [0.25, 0.3) is 0 Å². The predicted octanol–water partition coefficient (Wildman–Crippen LogP) is 3.34. The SMILES string of the molecule is CN(Cc1n[nH]c2c1CCCC2)C(=O)Nc1cnn(Cc2ccccc2F)c1. The van der Waals surface area contributed by atoms with Crippen LogP contribution < -0.4 is 5.32 Å². The average Bonchev–Trinajstić information content (AvgIpc) is 3.31. The number of aromatic nitrogens is 4. The van der Waals surface area contributed by atoms with E-state index in [1.165, 1.54) is 23.7 Å². The Kier molecular flexibility index (Phi) is 5.10. The van der Waals surface area contributed by atoms with Crippen molar-refractivity contribution >= 4 is 11.7 Å². The molecule has 0 bridgehead atoms. The highest BCUT2D eigenvalue weighted by atomic mass is 19.1.